The van der Waals surface area contributed by atoms with Crippen LogP contribution in [-0.2, 0) is 25.5 Å². The Balaban J connectivity index is 2.95. The minimum absolute atomic E-state index is 0.0103. The van der Waals surface area contributed by atoms with Crippen molar-refractivity contribution < 1.29 is 32.2 Å². The number of carbonyl (C=O) groups is 2. The molecule has 0 aliphatic carbocycles. The number of nitrogens with one attached hydrogen (secondary N) is 1. The van der Waals surface area contributed by atoms with Crippen LogP contribution in [-0.4, -0.2) is 44.4 Å². The average molecular weight is 441 g/mol. The highest BCUT2D eigenvalue weighted by atomic mass is 19.4. The van der Waals surface area contributed by atoms with Gasteiger partial charge in [0.1, 0.15) is 0 Å². The van der Waals surface area contributed by atoms with Crippen LogP contribution in [0.1, 0.15) is 26.3 Å². The van der Waals surface area contributed by atoms with Crippen LogP contribution in [0, 0.1) is 11.8 Å². The second-order valence-corrected chi connectivity index (χ2v) is 7.40. The first-order chi connectivity index (χ1) is 14.5. The topological polar surface area (TPSA) is 64.6 Å². The van der Waals surface area contributed by atoms with E-state index in [2.05, 4.69) is 4.74 Å². The van der Waals surface area contributed by atoms with Gasteiger partial charge in [-0.2, -0.15) is 13.2 Å². The number of carbonyl (C=O) groups excluding carboxylic acids is 2. The fourth-order valence-corrected chi connectivity index (χ4v) is 3.07. The molecule has 0 spiro atoms. The lowest BCUT2D eigenvalue weighted by Gasteiger charge is -2.22. The van der Waals surface area contributed by atoms with Crippen LogP contribution in [0.4, 0.5) is 13.2 Å². The van der Waals surface area contributed by atoms with Crippen molar-refractivity contribution in [3.8, 4) is 0 Å². The first kappa shape index (κ1) is 26.4. The van der Waals surface area contributed by atoms with Crippen molar-refractivity contribution in [1.82, 2.24) is 5.32 Å². The molecule has 0 aromatic heterocycles. The van der Waals surface area contributed by atoms with E-state index in [4.69, 9.17) is 4.74 Å². The molecule has 5 nitrogen and oxygen atoms in total. The number of ether oxygens (including phenoxy) is 2. The quantitative estimate of drug-likeness (QED) is 0.436. The molecular weight excluding hydrogens is 411 g/mol. The SMILES string of the molecule is COC(=O)[C@@H](C)[C@H](/C=C/C(C)=C/[C@H](C)[C@@H](Cc1ccccc1)OC)NC(=O)C(F)(F)F. The van der Waals surface area contributed by atoms with Crippen LogP contribution in [0.15, 0.2) is 54.1 Å². The molecule has 31 heavy (non-hydrogen) atoms. The fourth-order valence-electron chi connectivity index (χ4n) is 3.07. The molecule has 1 rings (SSSR count). The van der Waals surface area contributed by atoms with E-state index in [1.165, 1.54) is 13.0 Å². The van der Waals surface area contributed by atoms with E-state index in [-0.39, 0.29) is 12.0 Å². The Morgan fingerprint density at radius 2 is 1.74 bits per heavy atom. The highest BCUT2D eigenvalue weighted by molar-refractivity contribution is 5.83. The first-order valence-electron chi connectivity index (χ1n) is 9.88. The van der Waals surface area contributed by atoms with E-state index in [1.54, 1.807) is 20.1 Å². The van der Waals surface area contributed by atoms with E-state index in [1.807, 2.05) is 48.6 Å². The first-order valence-corrected chi connectivity index (χ1v) is 9.88. The zero-order valence-electron chi connectivity index (χ0n) is 18.4. The lowest BCUT2D eigenvalue weighted by Crippen LogP contribution is -2.46. The smallest absolute Gasteiger partial charge is 0.469 e. The third kappa shape index (κ3) is 8.96. The van der Waals surface area contributed by atoms with Gasteiger partial charge in [-0.05, 0) is 25.8 Å². The molecule has 4 atom stereocenters. The molecule has 172 valence electrons. The summed E-state index contributed by atoms with van der Waals surface area (Å²) < 4.78 is 48.2. The average Bonchev–Trinajstić information content (AvgIpc) is 2.73. The van der Waals surface area contributed by atoms with Crippen molar-refractivity contribution in [2.24, 2.45) is 11.8 Å². The summed E-state index contributed by atoms with van der Waals surface area (Å²) in [5.41, 5.74) is 1.88. The van der Waals surface area contributed by atoms with Gasteiger partial charge in [-0.15, -0.1) is 0 Å². The zero-order valence-corrected chi connectivity index (χ0v) is 18.4. The summed E-state index contributed by atoms with van der Waals surface area (Å²) in [6.07, 6.45) is 0.425. The van der Waals surface area contributed by atoms with Gasteiger partial charge in [-0.1, -0.05) is 61.1 Å². The Hall–Kier alpha value is -2.61. The van der Waals surface area contributed by atoms with E-state index in [9.17, 15) is 22.8 Å². The minimum Gasteiger partial charge on any atom is -0.469 e. The Bertz CT molecular complexity index is 775. The summed E-state index contributed by atoms with van der Waals surface area (Å²) >= 11 is 0. The monoisotopic (exact) mass is 441 g/mol. The maximum absolute atomic E-state index is 12.7. The van der Waals surface area contributed by atoms with E-state index in [0.717, 1.165) is 18.2 Å². The molecule has 0 fully saturated rings. The number of halogens is 3. The molecule has 1 aromatic rings. The second-order valence-electron chi connectivity index (χ2n) is 7.40. The number of hydrogen-bond acceptors (Lipinski definition) is 4. The van der Waals surface area contributed by atoms with Crippen molar-refractivity contribution in [3.05, 3.63) is 59.7 Å². The third-order valence-corrected chi connectivity index (χ3v) is 4.93. The number of esters is 1. The van der Waals surface area contributed by atoms with Gasteiger partial charge >= 0.3 is 18.1 Å². The van der Waals surface area contributed by atoms with Gasteiger partial charge in [-0.3, -0.25) is 9.59 Å². The highest BCUT2D eigenvalue weighted by Gasteiger charge is 2.40. The number of hydrogen-bond donors (Lipinski definition) is 1. The molecule has 8 heteroatoms. The van der Waals surface area contributed by atoms with Crippen molar-refractivity contribution in [1.29, 1.82) is 0 Å². The van der Waals surface area contributed by atoms with E-state index >= 15 is 0 Å². The Morgan fingerprint density at radius 3 is 2.26 bits per heavy atom. The van der Waals surface area contributed by atoms with Gasteiger partial charge in [0.05, 0.1) is 25.2 Å². The van der Waals surface area contributed by atoms with Gasteiger partial charge in [0, 0.05) is 13.0 Å². The molecular formula is C23H30F3NO4. The summed E-state index contributed by atoms with van der Waals surface area (Å²) in [6.45, 7) is 5.15. The standard InChI is InChI=1S/C23H30F3NO4/c1-15(13-16(2)20(30-4)14-18-9-7-6-8-10-18)11-12-19(17(3)21(28)31-5)27-22(29)23(24,25)26/h6-13,16-17,19-20H,14H2,1-5H3,(H,27,29)/b12-11+,15-13+/t16-,17-,19-,20+/m0/s1. The summed E-state index contributed by atoms with van der Waals surface area (Å²) in [4.78, 5) is 23.2. The summed E-state index contributed by atoms with van der Waals surface area (Å²) in [5.74, 6) is -3.83. The van der Waals surface area contributed by atoms with Crippen molar-refractivity contribution in [2.45, 2.75) is 45.5 Å². The predicted octanol–water partition coefficient (Wildman–Crippen LogP) is 4.24. The lowest BCUT2D eigenvalue weighted by molar-refractivity contribution is -0.174. The molecule has 1 N–H and O–H groups in total. The predicted molar refractivity (Wildman–Crippen MR) is 112 cm³/mol. The molecule has 0 aliphatic rings. The number of rotatable bonds is 10. The largest absolute Gasteiger partial charge is 0.471 e. The molecule has 1 amide bonds. The lowest BCUT2D eigenvalue weighted by atomic mass is 9.95. The number of benzene rings is 1. The van der Waals surface area contributed by atoms with Crippen molar-refractivity contribution in [3.63, 3.8) is 0 Å². The van der Waals surface area contributed by atoms with Gasteiger partial charge in [0.2, 0.25) is 0 Å². The third-order valence-electron chi connectivity index (χ3n) is 4.93. The molecule has 0 heterocycles. The van der Waals surface area contributed by atoms with Gasteiger partial charge in [-0.25, -0.2) is 0 Å². The molecule has 0 radical (unpaired) electrons. The van der Waals surface area contributed by atoms with Crippen molar-refractivity contribution in [2.75, 3.05) is 14.2 Å². The van der Waals surface area contributed by atoms with E-state index in [0.29, 0.717) is 6.42 Å². The van der Waals surface area contributed by atoms with Gasteiger partial charge < -0.3 is 14.8 Å². The maximum Gasteiger partial charge on any atom is 0.471 e. The number of alkyl halides is 3. The van der Waals surface area contributed by atoms with Gasteiger partial charge in [0.25, 0.3) is 0 Å². The molecule has 1 aromatic carbocycles. The molecule has 0 aliphatic heterocycles. The van der Waals surface area contributed by atoms with E-state index < -0.39 is 30.0 Å². The van der Waals surface area contributed by atoms with Crippen LogP contribution in [0.25, 0.3) is 0 Å². The number of amides is 1. The summed E-state index contributed by atoms with van der Waals surface area (Å²) in [6, 6.07) is 8.69. The molecule has 0 saturated carbocycles. The Labute approximate surface area is 181 Å². The molecule has 0 unspecified atom stereocenters. The van der Waals surface area contributed by atoms with Gasteiger partial charge in [0.15, 0.2) is 0 Å². The fraction of sp³-hybridized carbons (Fsp3) is 0.478. The highest BCUT2D eigenvalue weighted by Crippen LogP contribution is 2.19. The van der Waals surface area contributed by atoms with Crippen LogP contribution in [0.3, 0.4) is 0 Å². The Morgan fingerprint density at radius 1 is 1.13 bits per heavy atom. The number of allylic oxidation sites excluding steroid dienone is 2. The van der Waals surface area contributed by atoms with Crippen LogP contribution < -0.4 is 5.32 Å². The second kappa shape index (κ2) is 12.3. The van der Waals surface area contributed by atoms with Crippen LogP contribution >= 0.6 is 0 Å². The maximum atomic E-state index is 12.7. The zero-order chi connectivity index (χ0) is 23.6. The summed E-state index contributed by atoms with van der Waals surface area (Å²) in [5, 5.41) is 1.84. The normalized spacial score (nSPS) is 16.5. The molecule has 0 bridgehead atoms. The van der Waals surface area contributed by atoms with Crippen LogP contribution in [0.2, 0.25) is 0 Å². The van der Waals surface area contributed by atoms with Crippen molar-refractivity contribution >= 4 is 11.9 Å². The summed E-state index contributed by atoms with van der Waals surface area (Å²) in [7, 11) is 2.76. The molecule has 0 saturated heterocycles. The number of methoxy groups -OCH3 is 2. The Kier molecular flexibility index (Phi) is 10.5. The minimum atomic E-state index is -5.05. The van der Waals surface area contributed by atoms with Crippen LogP contribution in [0.5, 0.6) is 0 Å².